The summed E-state index contributed by atoms with van der Waals surface area (Å²) in [6.45, 7) is 9.90. The Kier molecular flexibility index (Phi) is 10.3. The van der Waals surface area contributed by atoms with Gasteiger partial charge < -0.3 is 20.2 Å². The van der Waals surface area contributed by atoms with E-state index in [1.165, 1.54) is 30.4 Å². The van der Waals surface area contributed by atoms with E-state index in [0.717, 1.165) is 75.8 Å². The molecule has 7 heteroatoms. The first-order valence-corrected chi connectivity index (χ1v) is 15.9. The molecule has 2 heterocycles. The average Bonchev–Trinajstić information content (AvgIpc) is 3.40. The summed E-state index contributed by atoms with van der Waals surface area (Å²) in [5.74, 6) is 1.42. The molecular formula is C34H47ClN4O2. The van der Waals surface area contributed by atoms with Crippen molar-refractivity contribution in [2.45, 2.75) is 69.5 Å². The summed E-state index contributed by atoms with van der Waals surface area (Å²) in [7, 11) is 2.15. The van der Waals surface area contributed by atoms with Gasteiger partial charge >= 0.3 is 5.97 Å². The van der Waals surface area contributed by atoms with Gasteiger partial charge in [-0.05, 0) is 60.8 Å². The molecule has 2 saturated heterocycles. The molecule has 5 rings (SSSR count). The zero-order valence-electron chi connectivity index (χ0n) is 24.6. The second kappa shape index (κ2) is 14.1. The largest absolute Gasteiger partial charge is 0.480 e. The van der Waals surface area contributed by atoms with Gasteiger partial charge in [0.1, 0.15) is 6.04 Å². The van der Waals surface area contributed by atoms with Crippen molar-refractivity contribution in [2.75, 3.05) is 39.8 Å². The van der Waals surface area contributed by atoms with Crippen molar-refractivity contribution in [1.29, 1.82) is 0 Å². The molecule has 2 aromatic carbocycles. The number of carbonyl (C=O) groups is 1. The van der Waals surface area contributed by atoms with Gasteiger partial charge in [0.2, 0.25) is 0 Å². The Morgan fingerprint density at radius 1 is 1.02 bits per heavy atom. The molecule has 2 aliphatic heterocycles. The van der Waals surface area contributed by atoms with Crippen LogP contribution in [0.25, 0.3) is 0 Å². The molecule has 222 valence electrons. The smallest absolute Gasteiger partial charge is 0.321 e. The summed E-state index contributed by atoms with van der Waals surface area (Å²) in [4.78, 5) is 19.8. The van der Waals surface area contributed by atoms with Crippen LogP contribution in [0.2, 0.25) is 5.02 Å². The zero-order valence-corrected chi connectivity index (χ0v) is 25.3. The van der Waals surface area contributed by atoms with Gasteiger partial charge in [-0.1, -0.05) is 79.9 Å². The van der Waals surface area contributed by atoms with E-state index < -0.39 is 5.97 Å². The lowest BCUT2D eigenvalue weighted by Gasteiger charge is -2.40. The van der Waals surface area contributed by atoms with E-state index in [1.54, 1.807) is 0 Å². The number of aliphatic carboxylic acids is 1. The molecule has 6 nitrogen and oxygen atoms in total. The second-order valence-electron chi connectivity index (χ2n) is 12.5. The van der Waals surface area contributed by atoms with Crippen LogP contribution < -0.4 is 5.32 Å². The van der Waals surface area contributed by atoms with Gasteiger partial charge in [0.25, 0.3) is 0 Å². The Bertz CT molecular complexity index is 1130. The number of carboxylic acid groups (broad SMARTS) is 1. The Morgan fingerprint density at radius 3 is 2.37 bits per heavy atom. The topological polar surface area (TPSA) is 59.0 Å². The molecule has 1 saturated carbocycles. The van der Waals surface area contributed by atoms with Crippen LogP contribution >= 0.6 is 11.6 Å². The SMILES string of the molecule is C=C(NCc1ccc(Cl)cc1)N(C)C1CCN(C[C@H]2CN([C@@H](C(=O)O)C3CCCCC3)C[C@@H]2c2ccccc2)CC1. The van der Waals surface area contributed by atoms with Gasteiger partial charge in [-0.25, -0.2) is 0 Å². The van der Waals surface area contributed by atoms with E-state index in [1.807, 2.05) is 24.3 Å². The maximum absolute atomic E-state index is 12.5. The highest BCUT2D eigenvalue weighted by atomic mass is 35.5. The predicted molar refractivity (Wildman–Crippen MR) is 167 cm³/mol. The highest BCUT2D eigenvalue weighted by molar-refractivity contribution is 6.30. The number of benzene rings is 2. The molecule has 3 aliphatic rings. The van der Waals surface area contributed by atoms with Gasteiger partial charge in [0.05, 0.1) is 5.82 Å². The van der Waals surface area contributed by atoms with E-state index in [4.69, 9.17) is 11.6 Å². The van der Waals surface area contributed by atoms with Crippen molar-refractivity contribution >= 4 is 17.6 Å². The molecule has 0 spiro atoms. The van der Waals surface area contributed by atoms with Crippen LogP contribution in [0.4, 0.5) is 0 Å². The van der Waals surface area contributed by atoms with Crippen molar-refractivity contribution in [3.8, 4) is 0 Å². The summed E-state index contributed by atoms with van der Waals surface area (Å²) in [5, 5.41) is 14.6. The van der Waals surface area contributed by atoms with Crippen molar-refractivity contribution in [2.24, 2.45) is 11.8 Å². The van der Waals surface area contributed by atoms with Gasteiger partial charge in [-0.2, -0.15) is 0 Å². The monoisotopic (exact) mass is 578 g/mol. The lowest BCUT2D eigenvalue weighted by molar-refractivity contribution is -0.145. The first-order valence-electron chi connectivity index (χ1n) is 15.5. The zero-order chi connectivity index (χ0) is 28.8. The minimum atomic E-state index is -0.627. The molecule has 3 atom stereocenters. The summed E-state index contributed by atoms with van der Waals surface area (Å²) < 4.78 is 0. The van der Waals surface area contributed by atoms with Crippen LogP contribution in [0, 0.1) is 11.8 Å². The summed E-state index contributed by atoms with van der Waals surface area (Å²) >= 11 is 6.02. The number of rotatable bonds is 11. The molecule has 0 unspecified atom stereocenters. The third-order valence-electron chi connectivity index (χ3n) is 9.87. The molecule has 0 radical (unpaired) electrons. The van der Waals surface area contributed by atoms with E-state index in [9.17, 15) is 9.90 Å². The van der Waals surface area contributed by atoms with E-state index in [2.05, 4.69) is 64.0 Å². The minimum Gasteiger partial charge on any atom is -0.480 e. The quantitative estimate of drug-likeness (QED) is 0.339. The molecule has 3 fully saturated rings. The molecule has 0 amide bonds. The molecule has 0 aromatic heterocycles. The first kappa shape index (κ1) is 29.9. The standard InChI is InChI=1S/C34H47ClN4O2/c1-25(36-21-26-13-15-30(35)16-14-26)37(2)31-17-19-38(20-18-31)22-29-23-39(24-32(29)27-9-5-3-6-10-27)33(34(40)41)28-11-7-4-8-12-28/h3,5-6,9-10,13-16,28-29,31-33,36H,1,4,7-8,11-12,17-24H2,2H3,(H,40,41)/t29-,32+,33+/m0/s1. The Balaban J connectivity index is 1.17. The number of halogens is 1. The number of likely N-dealkylation sites (tertiary alicyclic amines) is 2. The summed E-state index contributed by atoms with van der Waals surface area (Å²) in [6, 6.07) is 18.8. The van der Waals surface area contributed by atoms with E-state index in [-0.39, 0.29) is 12.0 Å². The lowest BCUT2D eigenvalue weighted by Crippen LogP contribution is -2.47. The number of hydrogen-bond acceptors (Lipinski definition) is 5. The van der Waals surface area contributed by atoms with Crippen LogP contribution in [0.1, 0.15) is 62.0 Å². The molecule has 41 heavy (non-hydrogen) atoms. The van der Waals surface area contributed by atoms with Crippen LogP contribution in [0.3, 0.4) is 0 Å². The van der Waals surface area contributed by atoms with Crippen LogP contribution in [-0.2, 0) is 11.3 Å². The molecule has 0 bridgehead atoms. The van der Waals surface area contributed by atoms with Crippen molar-refractivity contribution in [3.63, 3.8) is 0 Å². The number of hydrogen-bond donors (Lipinski definition) is 2. The fourth-order valence-corrected chi connectivity index (χ4v) is 7.60. The third-order valence-corrected chi connectivity index (χ3v) is 10.1. The number of piperidine rings is 1. The Labute approximate surface area is 251 Å². The Morgan fingerprint density at radius 2 is 1.71 bits per heavy atom. The number of carboxylic acids is 1. The maximum Gasteiger partial charge on any atom is 0.321 e. The second-order valence-corrected chi connectivity index (χ2v) is 12.9. The number of nitrogens with zero attached hydrogens (tertiary/aromatic N) is 3. The third kappa shape index (κ3) is 7.65. The molecule has 1 aliphatic carbocycles. The normalized spacial score (nSPS) is 23.8. The fourth-order valence-electron chi connectivity index (χ4n) is 7.47. The van der Waals surface area contributed by atoms with Gasteiger partial charge in [0.15, 0.2) is 0 Å². The summed E-state index contributed by atoms with van der Waals surface area (Å²) in [5.41, 5.74) is 2.54. The van der Waals surface area contributed by atoms with Crippen LogP contribution in [-0.4, -0.2) is 77.6 Å². The summed E-state index contributed by atoms with van der Waals surface area (Å²) in [6.07, 6.45) is 7.88. The van der Waals surface area contributed by atoms with Crippen molar-refractivity contribution in [1.82, 2.24) is 20.0 Å². The van der Waals surface area contributed by atoms with Gasteiger partial charge in [0, 0.05) is 63.3 Å². The maximum atomic E-state index is 12.5. The molecule has 2 N–H and O–H groups in total. The fraction of sp³-hybridized carbons (Fsp3) is 0.559. The Hall–Kier alpha value is -2.54. The van der Waals surface area contributed by atoms with E-state index >= 15 is 0 Å². The van der Waals surface area contributed by atoms with Gasteiger partial charge in [-0.3, -0.25) is 9.69 Å². The highest BCUT2D eigenvalue weighted by Crippen LogP contribution is 2.38. The van der Waals surface area contributed by atoms with E-state index in [0.29, 0.717) is 17.9 Å². The van der Waals surface area contributed by atoms with Crippen molar-refractivity contribution in [3.05, 3.63) is 83.1 Å². The first-order chi connectivity index (χ1) is 19.9. The van der Waals surface area contributed by atoms with Crippen LogP contribution in [0.5, 0.6) is 0 Å². The van der Waals surface area contributed by atoms with Crippen molar-refractivity contribution < 1.29 is 9.90 Å². The van der Waals surface area contributed by atoms with Crippen LogP contribution in [0.15, 0.2) is 67.0 Å². The predicted octanol–water partition coefficient (Wildman–Crippen LogP) is 6.05. The minimum absolute atomic E-state index is 0.282. The lowest BCUT2D eigenvalue weighted by atomic mass is 9.83. The molecule has 2 aromatic rings. The van der Waals surface area contributed by atoms with Gasteiger partial charge in [-0.15, -0.1) is 0 Å². The number of nitrogens with one attached hydrogen (secondary N) is 1. The molecular weight excluding hydrogens is 532 g/mol. The highest BCUT2D eigenvalue weighted by Gasteiger charge is 2.43. The average molecular weight is 579 g/mol.